The van der Waals surface area contributed by atoms with E-state index in [1.807, 2.05) is 0 Å². The lowest BCUT2D eigenvalue weighted by atomic mass is 10.2. The van der Waals surface area contributed by atoms with Crippen LogP contribution in [0.1, 0.15) is 15.9 Å². The van der Waals surface area contributed by atoms with Gasteiger partial charge in [-0.05, 0) is 42.0 Å². The topological polar surface area (TPSA) is 55.1 Å². The van der Waals surface area contributed by atoms with Crippen LogP contribution in [0.25, 0.3) is 0 Å². The summed E-state index contributed by atoms with van der Waals surface area (Å²) in [6.07, 6.45) is 0. The number of carbonyl (C=O) groups excluding carboxylic acids is 1. The average molecular weight is 244 g/mol. The van der Waals surface area contributed by atoms with Gasteiger partial charge >= 0.3 is 0 Å². The number of nitrogens with one attached hydrogen (secondary N) is 1. The molecule has 0 spiro atoms. The minimum Gasteiger partial charge on any atom is -0.381 e. The first-order valence-electron chi connectivity index (χ1n) is 5.53. The average Bonchev–Trinajstić information content (AvgIpc) is 2.38. The van der Waals surface area contributed by atoms with E-state index >= 15 is 0 Å². The Bertz CT molecular complexity index is 535. The molecule has 3 nitrogen and oxygen atoms in total. The van der Waals surface area contributed by atoms with Gasteiger partial charge in [-0.3, -0.25) is 4.79 Å². The van der Waals surface area contributed by atoms with Crippen molar-refractivity contribution in [3.05, 3.63) is 65.5 Å². The van der Waals surface area contributed by atoms with Crippen LogP contribution in [0.2, 0.25) is 0 Å². The maximum Gasteiger partial charge on any atom is 0.248 e. The number of hydrogen-bond donors (Lipinski definition) is 2. The van der Waals surface area contributed by atoms with E-state index in [1.54, 1.807) is 36.4 Å². The van der Waals surface area contributed by atoms with Gasteiger partial charge < -0.3 is 11.1 Å². The molecule has 0 aromatic heterocycles. The second-order valence-corrected chi connectivity index (χ2v) is 3.92. The normalized spacial score (nSPS) is 10.1. The molecule has 2 aromatic rings. The second kappa shape index (κ2) is 5.31. The Kier molecular flexibility index (Phi) is 3.57. The Morgan fingerprint density at radius 3 is 2.22 bits per heavy atom. The highest BCUT2D eigenvalue weighted by Crippen LogP contribution is 2.11. The molecule has 0 heterocycles. The summed E-state index contributed by atoms with van der Waals surface area (Å²) >= 11 is 0. The number of benzene rings is 2. The Morgan fingerprint density at radius 2 is 1.67 bits per heavy atom. The minimum atomic E-state index is -0.444. The summed E-state index contributed by atoms with van der Waals surface area (Å²) in [4.78, 5) is 10.9. The lowest BCUT2D eigenvalue weighted by molar-refractivity contribution is 0.100. The molecule has 18 heavy (non-hydrogen) atoms. The fourth-order valence-electron chi connectivity index (χ4n) is 1.56. The summed E-state index contributed by atoms with van der Waals surface area (Å²) in [5, 5.41) is 3.17. The molecule has 0 bridgehead atoms. The molecule has 2 aromatic carbocycles. The highest BCUT2D eigenvalue weighted by Gasteiger charge is 1.99. The molecule has 1 amide bonds. The molecule has 92 valence electrons. The summed E-state index contributed by atoms with van der Waals surface area (Å²) in [5.74, 6) is -0.690. The van der Waals surface area contributed by atoms with Crippen molar-refractivity contribution in [1.29, 1.82) is 0 Å². The quantitative estimate of drug-likeness (QED) is 0.868. The van der Waals surface area contributed by atoms with E-state index in [9.17, 15) is 9.18 Å². The predicted molar refractivity (Wildman–Crippen MR) is 68.7 cm³/mol. The van der Waals surface area contributed by atoms with Gasteiger partial charge in [-0.1, -0.05) is 12.1 Å². The summed E-state index contributed by atoms with van der Waals surface area (Å²) in [5.41, 5.74) is 7.48. The van der Waals surface area contributed by atoms with Gasteiger partial charge in [0, 0.05) is 17.8 Å². The lowest BCUT2D eigenvalue weighted by Gasteiger charge is -2.06. The molecule has 0 aliphatic heterocycles. The number of carbonyl (C=O) groups is 1. The van der Waals surface area contributed by atoms with Crippen LogP contribution in [-0.4, -0.2) is 5.91 Å². The molecular weight excluding hydrogens is 231 g/mol. The first-order valence-corrected chi connectivity index (χ1v) is 5.53. The highest BCUT2D eigenvalue weighted by molar-refractivity contribution is 5.93. The summed E-state index contributed by atoms with van der Waals surface area (Å²) in [6.45, 7) is 0.593. The van der Waals surface area contributed by atoms with Crippen molar-refractivity contribution in [1.82, 2.24) is 0 Å². The molecule has 4 heteroatoms. The van der Waals surface area contributed by atoms with Crippen molar-refractivity contribution in [3.63, 3.8) is 0 Å². The summed E-state index contributed by atoms with van der Waals surface area (Å²) in [6, 6.07) is 13.2. The van der Waals surface area contributed by atoms with Gasteiger partial charge in [0.25, 0.3) is 0 Å². The standard InChI is InChI=1S/C14H13FN2O/c15-12-5-1-10(2-6-12)9-17-13-7-3-11(4-8-13)14(16)18/h1-8,17H,9H2,(H2,16,18). The van der Waals surface area contributed by atoms with Crippen molar-refractivity contribution in [2.24, 2.45) is 5.73 Å². The number of halogens is 1. The predicted octanol–water partition coefficient (Wildman–Crippen LogP) is 2.54. The number of anilines is 1. The van der Waals surface area contributed by atoms with Crippen LogP contribution in [0.4, 0.5) is 10.1 Å². The third-order valence-corrected chi connectivity index (χ3v) is 2.58. The van der Waals surface area contributed by atoms with E-state index in [0.717, 1.165) is 11.3 Å². The maximum atomic E-state index is 12.7. The number of amides is 1. The molecule has 0 saturated carbocycles. The van der Waals surface area contributed by atoms with Gasteiger partial charge in [-0.25, -0.2) is 4.39 Å². The van der Waals surface area contributed by atoms with Crippen LogP contribution in [0.3, 0.4) is 0 Å². The Balaban J connectivity index is 1.97. The molecule has 0 unspecified atom stereocenters. The maximum absolute atomic E-state index is 12.7. The first-order chi connectivity index (χ1) is 8.65. The molecule has 3 N–H and O–H groups in total. The van der Waals surface area contributed by atoms with Gasteiger partial charge in [-0.15, -0.1) is 0 Å². The zero-order valence-corrected chi connectivity index (χ0v) is 9.69. The molecular formula is C14H13FN2O. The van der Waals surface area contributed by atoms with Crippen molar-refractivity contribution in [3.8, 4) is 0 Å². The molecule has 0 aliphatic carbocycles. The summed E-state index contributed by atoms with van der Waals surface area (Å²) < 4.78 is 12.7. The van der Waals surface area contributed by atoms with Gasteiger partial charge in [0.05, 0.1) is 0 Å². The van der Waals surface area contributed by atoms with Crippen LogP contribution >= 0.6 is 0 Å². The molecule has 0 aliphatic rings. The van der Waals surface area contributed by atoms with Crippen molar-refractivity contribution in [2.75, 3.05) is 5.32 Å². The number of primary amides is 1. The van der Waals surface area contributed by atoms with Gasteiger partial charge in [-0.2, -0.15) is 0 Å². The zero-order valence-electron chi connectivity index (χ0n) is 9.69. The Hall–Kier alpha value is -2.36. The highest BCUT2D eigenvalue weighted by atomic mass is 19.1. The molecule has 0 atom stereocenters. The van der Waals surface area contributed by atoms with Crippen LogP contribution in [-0.2, 0) is 6.54 Å². The SMILES string of the molecule is NC(=O)c1ccc(NCc2ccc(F)cc2)cc1. The fraction of sp³-hybridized carbons (Fsp3) is 0.0714. The van der Waals surface area contributed by atoms with E-state index in [4.69, 9.17) is 5.73 Å². The van der Waals surface area contributed by atoms with Gasteiger partial charge in [0.1, 0.15) is 5.82 Å². The largest absolute Gasteiger partial charge is 0.381 e. The summed E-state index contributed by atoms with van der Waals surface area (Å²) in [7, 11) is 0. The molecule has 0 radical (unpaired) electrons. The van der Waals surface area contributed by atoms with E-state index in [2.05, 4.69) is 5.32 Å². The van der Waals surface area contributed by atoms with Gasteiger partial charge in [0.15, 0.2) is 0 Å². The van der Waals surface area contributed by atoms with E-state index in [1.165, 1.54) is 12.1 Å². The Morgan fingerprint density at radius 1 is 1.06 bits per heavy atom. The smallest absolute Gasteiger partial charge is 0.248 e. The van der Waals surface area contributed by atoms with E-state index < -0.39 is 5.91 Å². The number of nitrogens with two attached hydrogens (primary N) is 1. The third kappa shape index (κ3) is 3.07. The van der Waals surface area contributed by atoms with Crippen LogP contribution in [0.5, 0.6) is 0 Å². The van der Waals surface area contributed by atoms with Crippen LogP contribution in [0, 0.1) is 5.82 Å². The van der Waals surface area contributed by atoms with Crippen molar-refractivity contribution < 1.29 is 9.18 Å². The van der Waals surface area contributed by atoms with Crippen molar-refractivity contribution >= 4 is 11.6 Å². The van der Waals surface area contributed by atoms with Gasteiger partial charge in [0.2, 0.25) is 5.91 Å². The molecule has 2 rings (SSSR count). The van der Waals surface area contributed by atoms with Crippen molar-refractivity contribution in [2.45, 2.75) is 6.54 Å². The number of rotatable bonds is 4. The van der Waals surface area contributed by atoms with E-state index in [-0.39, 0.29) is 5.82 Å². The monoisotopic (exact) mass is 244 g/mol. The van der Waals surface area contributed by atoms with E-state index in [0.29, 0.717) is 12.1 Å². The molecule has 0 saturated heterocycles. The van der Waals surface area contributed by atoms with Crippen LogP contribution < -0.4 is 11.1 Å². The first kappa shape index (κ1) is 12.1. The zero-order chi connectivity index (χ0) is 13.0. The minimum absolute atomic E-state index is 0.246. The Labute approximate surface area is 104 Å². The number of hydrogen-bond acceptors (Lipinski definition) is 2. The second-order valence-electron chi connectivity index (χ2n) is 3.92. The lowest BCUT2D eigenvalue weighted by Crippen LogP contribution is -2.10. The fourth-order valence-corrected chi connectivity index (χ4v) is 1.56. The van der Waals surface area contributed by atoms with Crippen LogP contribution in [0.15, 0.2) is 48.5 Å². The molecule has 0 fully saturated rings. The third-order valence-electron chi connectivity index (χ3n) is 2.58.